The quantitative estimate of drug-likeness (QED) is 0.815. The average molecular weight is 253 g/mol. The van der Waals surface area contributed by atoms with Crippen molar-refractivity contribution in [1.29, 1.82) is 0 Å². The molecule has 0 amide bonds. The lowest BCUT2D eigenvalue weighted by molar-refractivity contribution is 0.951. The fraction of sp³-hybridized carbons (Fsp3) is 0.364. The topological polar surface area (TPSA) is 24.4 Å². The van der Waals surface area contributed by atoms with Gasteiger partial charge in [-0.15, -0.1) is 0 Å². The number of halogens is 1. The van der Waals surface area contributed by atoms with Crippen molar-refractivity contribution in [1.82, 2.24) is 0 Å². The third kappa shape index (κ3) is 2.15. The molecule has 2 rings (SSSR count). The summed E-state index contributed by atoms with van der Waals surface area (Å²) in [5.41, 5.74) is 2.41. The number of nitrogens with one attached hydrogen (secondary N) is 1. The third-order valence-electron chi connectivity index (χ3n) is 2.35. The highest BCUT2D eigenvalue weighted by Gasteiger charge is 2.07. The van der Waals surface area contributed by atoms with E-state index in [9.17, 15) is 0 Å². The van der Waals surface area contributed by atoms with Crippen molar-refractivity contribution in [2.45, 2.75) is 19.8 Å². The predicted octanol–water partition coefficient (Wildman–Crippen LogP) is 3.36. The summed E-state index contributed by atoms with van der Waals surface area (Å²) in [4.78, 5) is 4.39. The van der Waals surface area contributed by atoms with Crippen LogP contribution in [0.5, 0.6) is 0 Å². The van der Waals surface area contributed by atoms with Crippen LogP contribution in [-0.2, 0) is 0 Å². The van der Waals surface area contributed by atoms with E-state index in [-0.39, 0.29) is 0 Å². The molecule has 0 atom stereocenters. The zero-order valence-electron chi connectivity index (χ0n) is 8.18. The minimum atomic E-state index is 0.968. The van der Waals surface area contributed by atoms with Crippen LogP contribution in [0.2, 0.25) is 0 Å². The summed E-state index contributed by atoms with van der Waals surface area (Å²) in [6, 6.07) is 6.25. The molecule has 1 aromatic carbocycles. The zero-order chi connectivity index (χ0) is 9.97. The molecule has 1 aliphatic heterocycles. The first kappa shape index (κ1) is 9.71. The van der Waals surface area contributed by atoms with E-state index >= 15 is 0 Å². The number of nitrogens with zero attached hydrogens (tertiary/aromatic N) is 1. The number of rotatable bonds is 1. The average Bonchev–Trinajstić information content (AvgIpc) is 2.64. The first-order valence-electron chi connectivity index (χ1n) is 4.82. The summed E-state index contributed by atoms with van der Waals surface area (Å²) in [7, 11) is 0. The summed E-state index contributed by atoms with van der Waals surface area (Å²) in [6.45, 7) is 3.07. The molecule has 0 saturated heterocycles. The largest absolute Gasteiger partial charge is 0.344 e. The molecule has 0 radical (unpaired) electrons. The number of benzene rings is 1. The number of hydrogen-bond acceptors (Lipinski definition) is 2. The molecule has 2 nitrogen and oxygen atoms in total. The second-order valence-corrected chi connectivity index (χ2v) is 4.43. The lowest BCUT2D eigenvalue weighted by Gasteiger charge is -2.09. The van der Waals surface area contributed by atoms with Crippen LogP contribution in [0.25, 0.3) is 0 Å². The van der Waals surface area contributed by atoms with Crippen LogP contribution in [0.15, 0.2) is 27.7 Å². The number of hydrogen-bond donors (Lipinski definition) is 1. The van der Waals surface area contributed by atoms with Crippen molar-refractivity contribution in [2.24, 2.45) is 4.99 Å². The molecule has 74 valence electrons. The van der Waals surface area contributed by atoms with Crippen molar-refractivity contribution in [2.75, 3.05) is 11.9 Å². The molecule has 0 aromatic heterocycles. The Morgan fingerprint density at radius 2 is 2.29 bits per heavy atom. The van der Waals surface area contributed by atoms with Gasteiger partial charge in [0.2, 0.25) is 0 Å². The summed E-state index contributed by atoms with van der Waals surface area (Å²) in [5, 5.41) is 3.37. The Hall–Kier alpha value is -0.830. The fourth-order valence-electron chi connectivity index (χ4n) is 1.53. The van der Waals surface area contributed by atoms with Crippen LogP contribution >= 0.6 is 15.9 Å². The molecule has 0 fully saturated rings. The van der Waals surface area contributed by atoms with E-state index in [4.69, 9.17) is 0 Å². The van der Waals surface area contributed by atoms with Gasteiger partial charge in [0.1, 0.15) is 5.84 Å². The molecule has 0 bridgehead atoms. The van der Waals surface area contributed by atoms with E-state index in [0.29, 0.717) is 0 Å². The summed E-state index contributed by atoms with van der Waals surface area (Å²) in [6.07, 6.45) is 2.25. The van der Waals surface area contributed by atoms with Crippen molar-refractivity contribution < 1.29 is 0 Å². The maximum absolute atomic E-state index is 4.39. The summed E-state index contributed by atoms with van der Waals surface area (Å²) < 4.78 is 1.10. The standard InChI is InChI=1S/C11H13BrN2/c1-8-4-5-9(12)7-10(8)14-11-3-2-6-13-11/h4-5,7H,2-3,6H2,1H3,(H,13,14). The van der Waals surface area contributed by atoms with Gasteiger partial charge in [0.05, 0.1) is 0 Å². The smallest absolute Gasteiger partial charge is 0.101 e. The Bertz CT molecular complexity index is 372. The van der Waals surface area contributed by atoms with Crippen LogP contribution in [-0.4, -0.2) is 12.4 Å². The highest BCUT2D eigenvalue weighted by molar-refractivity contribution is 9.10. The van der Waals surface area contributed by atoms with Gasteiger partial charge < -0.3 is 5.32 Å². The van der Waals surface area contributed by atoms with Gasteiger partial charge in [-0.2, -0.15) is 0 Å². The highest BCUT2D eigenvalue weighted by Crippen LogP contribution is 2.21. The van der Waals surface area contributed by atoms with Crippen LogP contribution in [0.4, 0.5) is 5.69 Å². The lowest BCUT2D eigenvalue weighted by atomic mass is 10.2. The van der Waals surface area contributed by atoms with E-state index < -0.39 is 0 Å². The molecule has 1 aliphatic rings. The van der Waals surface area contributed by atoms with Gasteiger partial charge in [0.15, 0.2) is 0 Å². The minimum absolute atomic E-state index is 0.968. The maximum Gasteiger partial charge on any atom is 0.101 e. The van der Waals surface area contributed by atoms with Gasteiger partial charge in [-0.3, -0.25) is 4.99 Å². The summed E-state index contributed by atoms with van der Waals surface area (Å²) >= 11 is 3.47. The van der Waals surface area contributed by atoms with Crippen molar-refractivity contribution >= 4 is 27.5 Å². The van der Waals surface area contributed by atoms with E-state index in [0.717, 1.165) is 29.0 Å². The first-order valence-corrected chi connectivity index (χ1v) is 5.61. The van der Waals surface area contributed by atoms with Crippen LogP contribution in [0, 0.1) is 6.92 Å². The molecule has 14 heavy (non-hydrogen) atoms. The Kier molecular flexibility index (Phi) is 2.87. The second kappa shape index (κ2) is 4.13. The molecular weight excluding hydrogens is 240 g/mol. The van der Waals surface area contributed by atoms with Crippen LogP contribution in [0.1, 0.15) is 18.4 Å². The monoisotopic (exact) mass is 252 g/mol. The van der Waals surface area contributed by atoms with Gasteiger partial charge >= 0.3 is 0 Å². The molecule has 3 heteroatoms. The van der Waals surface area contributed by atoms with Crippen molar-refractivity contribution in [3.05, 3.63) is 28.2 Å². The Morgan fingerprint density at radius 3 is 3.00 bits per heavy atom. The van der Waals surface area contributed by atoms with Gasteiger partial charge in [-0.1, -0.05) is 22.0 Å². The van der Waals surface area contributed by atoms with Crippen LogP contribution in [0.3, 0.4) is 0 Å². The highest BCUT2D eigenvalue weighted by atomic mass is 79.9. The third-order valence-corrected chi connectivity index (χ3v) is 2.85. The molecule has 0 saturated carbocycles. The van der Waals surface area contributed by atoms with Gasteiger partial charge in [0, 0.05) is 23.1 Å². The predicted molar refractivity (Wildman–Crippen MR) is 64.0 cm³/mol. The number of aliphatic imine (C=N–C) groups is 1. The van der Waals surface area contributed by atoms with E-state index in [1.54, 1.807) is 0 Å². The molecule has 1 N–H and O–H groups in total. The van der Waals surface area contributed by atoms with Crippen molar-refractivity contribution in [3.63, 3.8) is 0 Å². The maximum atomic E-state index is 4.39. The molecule has 0 spiro atoms. The molecule has 0 aliphatic carbocycles. The Labute approximate surface area is 92.6 Å². The number of anilines is 1. The molecule has 1 heterocycles. The number of aryl methyl sites for hydroxylation is 1. The van der Waals surface area contributed by atoms with Crippen molar-refractivity contribution in [3.8, 4) is 0 Å². The second-order valence-electron chi connectivity index (χ2n) is 3.52. The molecule has 0 unspecified atom stereocenters. The SMILES string of the molecule is Cc1ccc(Br)cc1NC1=NCCC1. The van der Waals surface area contributed by atoms with Crippen LogP contribution < -0.4 is 5.32 Å². The van der Waals surface area contributed by atoms with E-state index in [1.165, 1.54) is 12.0 Å². The zero-order valence-corrected chi connectivity index (χ0v) is 9.76. The van der Waals surface area contributed by atoms with Gasteiger partial charge in [-0.05, 0) is 31.0 Å². The first-order chi connectivity index (χ1) is 6.75. The fourth-order valence-corrected chi connectivity index (χ4v) is 1.89. The van der Waals surface area contributed by atoms with Gasteiger partial charge in [0.25, 0.3) is 0 Å². The Morgan fingerprint density at radius 1 is 1.43 bits per heavy atom. The number of amidine groups is 1. The minimum Gasteiger partial charge on any atom is -0.344 e. The molecular formula is C11H13BrN2. The lowest BCUT2D eigenvalue weighted by Crippen LogP contribution is -2.09. The van der Waals surface area contributed by atoms with Gasteiger partial charge in [-0.25, -0.2) is 0 Å². The molecule has 1 aromatic rings. The summed E-state index contributed by atoms with van der Waals surface area (Å²) in [5.74, 6) is 1.12. The Balaban J connectivity index is 2.19. The normalized spacial score (nSPS) is 15.4. The van der Waals surface area contributed by atoms with E-state index in [2.05, 4.69) is 51.4 Å². The van der Waals surface area contributed by atoms with E-state index in [1.807, 2.05) is 0 Å².